The molecule has 24 heavy (non-hydrogen) atoms. The maximum atomic E-state index is 12.7. The van der Waals surface area contributed by atoms with Crippen molar-refractivity contribution in [1.82, 2.24) is 9.88 Å². The second kappa shape index (κ2) is 7.53. The van der Waals surface area contributed by atoms with Crippen LogP contribution >= 0.6 is 11.3 Å². The Kier molecular flexibility index (Phi) is 5.20. The quantitative estimate of drug-likeness (QED) is 0.890. The lowest BCUT2D eigenvalue weighted by Crippen LogP contribution is -2.32. The molecule has 7 heteroatoms. The van der Waals surface area contributed by atoms with Crippen LogP contribution in [0.1, 0.15) is 28.9 Å². The molecule has 128 valence electrons. The number of carbonyl (C=O) groups excluding carboxylic acids is 1. The summed E-state index contributed by atoms with van der Waals surface area (Å²) in [7, 11) is 1.60. The minimum absolute atomic E-state index is 0.0663. The van der Waals surface area contributed by atoms with Gasteiger partial charge in [0.15, 0.2) is 0 Å². The van der Waals surface area contributed by atoms with Crippen molar-refractivity contribution < 1.29 is 9.53 Å². The first-order valence-corrected chi connectivity index (χ1v) is 8.94. The van der Waals surface area contributed by atoms with E-state index in [1.807, 2.05) is 22.4 Å². The molecular formula is C17H22N4O2S. The molecule has 0 radical (unpaired) electrons. The SMILES string of the molecule is COc1ccsc1C(=O)N1CCCC(Nc2ccc(N)nc2)CC1. The molecule has 3 rings (SSSR count). The van der Waals surface area contributed by atoms with E-state index in [9.17, 15) is 4.79 Å². The van der Waals surface area contributed by atoms with Gasteiger partial charge in [0.1, 0.15) is 16.4 Å². The van der Waals surface area contributed by atoms with Crippen LogP contribution in [0, 0.1) is 0 Å². The monoisotopic (exact) mass is 346 g/mol. The summed E-state index contributed by atoms with van der Waals surface area (Å²) >= 11 is 1.44. The van der Waals surface area contributed by atoms with Crippen molar-refractivity contribution in [3.05, 3.63) is 34.7 Å². The summed E-state index contributed by atoms with van der Waals surface area (Å²) in [5.41, 5.74) is 6.58. The van der Waals surface area contributed by atoms with Gasteiger partial charge in [-0.15, -0.1) is 11.3 Å². The summed E-state index contributed by atoms with van der Waals surface area (Å²) in [4.78, 5) is 19.4. The van der Waals surface area contributed by atoms with Crippen molar-refractivity contribution in [3.63, 3.8) is 0 Å². The lowest BCUT2D eigenvalue weighted by Gasteiger charge is -2.21. The van der Waals surface area contributed by atoms with E-state index >= 15 is 0 Å². The van der Waals surface area contributed by atoms with Gasteiger partial charge in [0.25, 0.3) is 5.91 Å². The van der Waals surface area contributed by atoms with Gasteiger partial charge in [-0.1, -0.05) is 0 Å². The molecule has 0 aromatic carbocycles. The molecule has 0 spiro atoms. The van der Waals surface area contributed by atoms with Crippen molar-refractivity contribution in [2.45, 2.75) is 25.3 Å². The highest BCUT2D eigenvalue weighted by molar-refractivity contribution is 7.12. The molecule has 0 bridgehead atoms. The van der Waals surface area contributed by atoms with E-state index in [0.29, 0.717) is 22.5 Å². The first-order valence-electron chi connectivity index (χ1n) is 8.06. The molecular weight excluding hydrogens is 324 g/mol. The largest absolute Gasteiger partial charge is 0.495 e. The molecule has 0 aliphatic carbocycles. The van der Waals surface area contributed by atoms with Crippen LogP contribution in [0.3, 0.4) is 0 Å². The highest BCUT2D eigenvalue weighted by atomic mass is 32.1. The van der Waals surface area contributed by atoms with Crippen LogP contribution in [0.5, 0.6) is 5.75 Å². The fourth-order valence-corrected chi connectivity index (χ4v) is 3.75. The third-order valence-electron chi connectivity index (χ3n) is 4.22. The molecule has 1 saturated heterocycles. The zero-order valence-electron chi connectivity index (χ0n) is 13.7. The van der Waals surface area contributed by atoms with Gasteiger partial charge in [0.2, 0.25) is 0 Å². The molecule has 0 saturated carbocycles. The topological polar surface area (TPSA) is 80.5 Å². The van der Waals surface area contributed by atoms with Gasteiger partial charge in [0, 0.05) is 19.1 Å². The van der Waals surface area contributed by atoms with Crippen LogP contribution < -0.4 is 15.8 Å². The number of carbonyl (C=O) groups is 1. The van der Waals surface area contributed by atoms with E-state index in [4.69, 9.17) is 10.5 Å². The third-order valence-corrected chi connectivity index (χ3v) is 5.10. The Bertz CT molecular complexity index is 686. The van der Waals surface area contributed by atoms with Gasteiger partial charge in [-0.25, -0.2) is 4.98 Å². The highest BCUT2D eigenvalue weighted by Crippen LogP contribution is 2.27. The van der Waals surface area contributed by atoms with Gasteiger partial charge in [-0.2, -0.15) is 0 Å². The first-order chi connectivity index (χ1) is 11.7. The van der Waals surface area contributed by atoms with Crippen molar-refractivity contribution in [3.8, 4) is 5.75 Å². The number of hydrogen-bond donors (Lipinski definition) is 2. The van der Waals surface area contributed by atoms with Crippen LogP contribution in [-0.4, -0.2) is 42.0 Å². The van der Waals surface area contributed by atoms with Gasteiger partial charge in [0.05, 0.1) is 19.0 Å². The van der Waals surface area contributed by atoms with E-state index in [-0.39, 0.29) is 5.91 Å². The zero-order chi connectivity index (χ0) is 16.9. The smallest absolute Gasteiger partial charge is 0.267 e. The van der Waals surface area contributed by atoms with Gasteiger partial charge >= 0.3 is 0 Å². The average molecular weight is 346 g/mol. The standard InChI is InChI=1S/C17H22N4O2S/c1-23-14-7-10-24-16(14)17(22)21-8-2-3-12(6-9-21)20-13-4-5-15(18)19-11-13/h4-5,7,10-12,20H,2-3,6,8-9H2,1H3,(H2,18,19). The number of nitrogens with two attached hydrogens (primary N) is 1. The summed E-state index contributed by atoms with van der Waals surface area (Å²) in [6, 6.07) is 5.90. The second-order valence-electron chi connectivity index (χ2n) is 5.85. The second-order valence-corrected chi connectivity index (χ2v) is 6.77. The maximum Gasteiger partial charge on any atom is 0.267 e. The van der Waals surface area contributed by atoms with Gasteiger partial charge in [-0.3, -0.25) is 4.79 Å². The predicted octanol–water partition coefficient (Wildman–Crippen LogP) is 2.84. The minimum atomic E-state index is 0.0663. The van der Waals surface area contributed by atoms with Crippen molar-refractivity contribution in [1.29, 1.82) is 0 Å². The fourth-order valence-electron chi connectivity index (χ4n) is 2.93. The molecule has 1 fully saturated rings. The van der Waals surface area contributed by atoms with E-state index in [1.54, 1.807) is 19.4 Å². The average Bonchev–Trinajstić information content (AvgIpc) is 2.95. The Morgan fingerprint density at radius 1 is 1.38 bits per heavy atom. The summed E-state index contributed by atoms with van der Waals surface area (Å²) in [5, 5.41) is 5.38. The molecule has 1 atom stereocenters. The van der Waals surface area contributed by atoms with Crippen LogP contribution in [0.4, 0.5) is 11.5 Å². The number of rotatable bonds is 4. The normalized spacial score (nSPS) is 18.0. The molecule has 3 heterocycles. The number of nitrogens with zero attached hydrogens (tertiary/aromatic N) is 2. The molecule has 1 unspecified atom stereocenters. The number of pyridine rings is 1. The van der Waals surface area contributed by atoms with E-state index in [2.05, 4.69) is 10.3 Å². The first kappa shape index (κ1) is 16.6. The predicted molar refractivity (Wildman–Crippen MR) is 96.7 cm³/mol. The Morgan fingerprint density at radius 3 is 3.00 bits per heavy atom. The minimum Gasteiger partial charge on any atom is -0.495 e. The number of amides is 1. The van der Waals surface area contributed by atoms with Gasteiger partial charge < -0.3 is 20.7 Å². The van der Waals surface area contributed by atoms with Crippen molar-refractivity contribution in [2.24, 2.45) is 0 Å². The third kappa shape index (κ3) is 3.79. The summed E-state index contributed by atoms with van der Waals surface area (Å²) in [5.74, 6) is 1.25. The van der Waals surface area contributed by atoms with E-state index < -0.39 is 0 Å². The Balaban J connectivity index is 1.60. The molecule has 2 aromatic rings. The summed E-state index contributed by atoms with van der Waals surface area (Å²) in [6.45, 7) is 1.51. The lowest BCUT2D eigenvalue weighted by molar-refractivity contribution is 0.0763. The number of methoxy groups -OCH3 is 1. The van der Waals surface area contributed by atoms with Crippen molar-refractivity contribution >= 4 is 28.7 Å². The van der Waals surface area contributed by atoms with Gasteiger partial charge in [-0.05, 0) is 42.8 Å². The lowest BCUT2D eigenvalue weighted by atomic mass is 10.1. The molecule has 1 aliphatic rings. The number of ether oxygens (including phenoxy) is 1. The number of likely N-dealkylation sites (tertiary alicyclic amines) is 1. The number of nitrogens with one attached hydrogen (secondary N) is 1. The number of thiophene rings is 1. The zero-order valence-corrected chi connectivity index (χ0v) is 14.5. The number of aromatic nitrogens is 1. The summed E-state index contributed by atoms with van der Waals surface area (Å²) < 4.78 is 5.27. The molecule has 2 aromatic heterocycles. The Labute approximate surface area is 145 Å². The van der Waals surface area contributed by atoms with Crippen molar-refractivity contribution in [2.75, 3.05) is 31.2 Å². The number of anilines is 2. The Hall–Kier alpha value is -2.28. The summed E-state index contributed by atoms with van der Waals surface area (Å²) in [6.07, 6.45) is 4.65. The van der Waals surface area contributed by atoms with E-state index in [1.165, 1.54) is 11.3 Å². The van der Waals surface area contributed by atoms with Crippen LogP contribution in [0.25, 0.3) is 0 Å². The van der Waals surface area contributed by atoms with Crippen LogP contribution in [0.15, 0.2) is 29.8 Å². The molecule has 3 N–H and O–H groups in total. The molecule has 1 amide bonds. The Morgan fingerprint density at radius 2 is 2.25 bits per heavy atom. The fraction of sp³-hybridized carbons (Fsp3) is 0.412. The maximum absolute atomic E-state index is 12.7. The van der Waals surface area contributed by atoms with E-state index in [0.717, 1.165) is 38.0 Å². The number of hydrogen-bond acceptors (Lipinski definition) is 6. The highest BCUT2D eigenvalue weighted by Gasteiger charge is 2.24. The molecule has 1 aliphatic heterocycles. The van der Waals surface area contributed by atoms with Crippen LogP contribution in [0.2, 0.25) is 0 Å². The number of nitrogen functional groups attached to an aromatic ring is 1. The molecule has 6 nitrogen and oxygen atoms in total. The van der Waals surface area contributed by atoms with Crippen LogP contribution in [-0.2, 0) is 0 Å².